The minimum Gasteiger partial charge on any atom is -0.391 e. The highest BCUT2D eigenvalue weighted by Gasteiger charge is 2.20. The van der Waals surface area contributed by atoms with Crippen LogP contribution in [0.3, 0.4) is 0 Å². The van der Waals surface area contributed by atoms with E-state index in [-0.39, 0.29) is 23.8 Å². The molecule has 1 amide bonds. The van der Waals surface area contributed by atoms with Crippen molar-refractivity contribution in [1.82, 2.24) is 5.32 Å². The quantitative estimate of drug-likeness (QED) is 0.656. The number of amides is 1. The Morgan fingerprint density at radius 2 is 1.88 bits per heavy atom. The molecule has 4 nitrogen and oxygen atoms in total. The van der Waals surface area contributed by atoms with E-state index in [4.69, 9.17) is 5.73 Å². The van der Waals surface area contributed by atoms with E-state index in [1.807, 2.05) is 13.8 Å². The van der Waals surface area contributed by atoms with Gasteiger partial charge in [-0.15, -0.1) is 0 Å². The molecule has 2 unspecified atom stereocenters. The van der Waals surface area contributed by atoms with E-state index in [1.165, 1.54) is 0 Å². The minimum atomic E-state index is -0.511. The van der Waals surface area contributed by atoms with Gasteiger partial charge in [0.1, 0.15) is 0 Å². The van der Waals surface area contributed by atoms with E-state index in [1.54, 1.807) is 0 Å². The molecule has 0 spiro atoms. The van der Waals surface area contributed by atoms with Gasteiger partial charge in [0.15, 0.2) is 0 Å². The largest absolute Gasteiger partial charge is 0.391 e. The zero-order valence-corrected chi connectivity index (χ0v) is 11.1. The highest BCUT2D eigenvalue weighted by atomic mass is 16.3. The number of rotatable bonds is 5. The summed E-state index contributed by atoms with van der Waals surface area (Å²) in [6, 6.07) is -0.498. The number of hydrogen-bond donors (Lipinski definition) is 3. The fraction of sp³-hybridized carbons (Fsp3) is 0.917. The maximum Gasteiger partial charge on any atom is 0.237 e. The van der Waals surface area contributed by atoms with Gasteiger partial charge in [0.05, 0.1) is 12.1 Å². The number of aliphatic hydroxyl groups excluding tert-OH is 1. The fourth-order valence-electron chi connectivity index (χ4n) is 1.42. The van der Waals surface area contributed by atoms with Gasteiger partial charge in [-0.2, -0.15) is 0 Å². The lowest BCUT2D eigenvalue weighted by Gasteiger charge is -2.23. The molecule has 0 saturated heterocycles. The van der Waals surface area contributed by atoms with E-state index in [0.29, 0.717) is 6.42 Å². The summed E-state index contributed by atoms with van der Waals surface area (Å²) in [5.74, 6) is -0.0808. The smallest absolute Gasteiger partial charge is 0.237 e. The first-order valence-corrected chi connectivity index (χ1v) is 5.85. The Kier molecular flexibility index (Phi) is 5.97. The van der Waals surface area contributed by atoms with Gasteiger partial charge in [-0.3, -0.25) is 4.79 Å². The second kappa shape index (κ2) is 6.21. The van der Waals surface area contributed by atoms with Crippen LogP contribution in [-0.4, -0.2) is 29.7 Å². The molecular weight excluding hydrogens is 204 g/mol. The number of nitrogens with one attached hydrogen (secondary N) is 1. The molecule has 0 rings (SSSR count). The van der Waals surface area contributed by atoms with Crippen molar-refractivity contribution in [2.45, 2.75) is 53.2 Å². The monoisotopic (exact) mass is 230 g/mol. The van der Waals surface area contributed by atoms with Crippen LogP contribution < -0.4 is 11.1 Å². The lowest BCUT2D eigenvalue weighted by molar-refractivity contribution is -0.123. The zero-order valence-electron chi connectivity index (χ0n) is 11.1. The number of carbonyl (C=O) groups is 1. The molecule has 0 aromatic rings. The number of aliphatic hydroxyl groups is 1. The van der Waals surface area contributed by atoms with Crippen molar-refractivity contribution in [1.29, 1.82) is 0 Å². The molecule has 16 heavy (non-hydrogen) atoms. The van der Waals surface area contributed by atoms with Crippen LogP contribution in [0.15, 0.2) is 0 Å². The molecule has 0 fully saturated rings. The van der Waals surface area contributed by atoms with E-state index in [0.717, 1.165) is 0 Å². The Morgan fingerprint density at radius 1 is 1.38 bits per heavy atom. The van der Waals surface area contributed by atoms with Crippen LogP contribution in [0.5, 0.6) is 0 Å². The molecule has 0 bridgehead atoms. The first kappa shape index (κ1) is 15.4. The van der Waals surface area contributed by atoms with Gasteiger partial charge in [-0.25, -0.2) is 0 Å². The molecule has 0 aliphatic heterocycles. The molecular formula is C12H26N2O2. The molecule has 0 heterocycles. The van der Waals surface area contributed by atoms with Crippen LogP contribution in [0.4, 0.5) is 0 Å². The van der Waals surface area contributed by atoms with E-state index in [2.05, 4.69) is 26.1 Å². The topological polar surface area (TPSA) is 75.4 Å². The van der Waals surface area contributed by atoms with Crippen LogP contribution in [0, 0.1) is 11.3 Å². The van der Waals surface area contributed by atoms with Gasteiger partial charge in [-0.05, 0) is 17.8 Å². The van der Waals surface area contributed by atoms with Crippen molar-refractivity contribution in [2.75, 3.05) is 6.54 Å². The highest BCUT2D eigenvalue weighted by Crippen LogP contribution is 2.20. The summed E-state index contributed by atoms with van der Waals surface area (Å²) in [7, 11) is 0. The van der Waals surface area contributed by atoms with Crippen molar-refractivity contribution in [3.63, 3.8) is 0 Å². The van der Waals surface area contributed by atoms with Crippen molar-refractivity contribution >= 4 is 5.91 Å². The Labute approximate surface area is 98.6 Å². The lowest BCUT2D eigenvalue weighted by Crippen LogP contribution is -2.46. The first-order chi connectivity index (χ1) is 7.13. The van der Waals surface area contributed by atoms with Crippen molar-refractivity contribution in [3.05, 3.63) is 0 Å². The Morgan fingerprint density at radius 3 is 2.25 bits per heavy atom. The van der Waals surface area contributed by atoms with E-state index in [9.17, 15) is 9.90 Å². The summed E-state index contributed by atoms with van der Waals surface area (Å²) in [6.45, 7) is 10.2. The molecule has 4 heteroatoms. The van der Waals surface area contributed by atoms with E-state index >= 15 is 0 Å². The molecule has 0 radical (unpaired) electrons. The number of nitrogens with two attached hydrogens (primary N) is 1. The summed E-state index contributed by atoms with van der Waals surface area (Å²) in [6.07, 6.45) is 0.146. The average Bonchev–Trinajstić information content (AvgIpc) is 2.09. The maximum absolute atomic E-state index is 11.5. The molecule has 0 aliphatic carbocycles. The molecule has 96 valence electrons. The predicted octanol–water partition coefficient (Wildman–Crippen LogP) is 0.883. The van der Waals surface area contributed by atoms with Crippen LogP contribution in [0.25, 0.3) is 0 Å². The third kappa shape index (κ3) is 6.80. The molecule has 0 saturated carbocycles. The molecule has 0 aliphatic rings. The third-order valence-corrected chi connectivity index (χ3v) is 2.38. The summed E-state index contributed by atoms with van der Waals surface area (Å²) in [5, 5.41) is 12.4. The predicted molar refractivity (Wildman–Crippen MR) is 65.9 cm³/mol. The lowest BCUT2D eigenvalue weighted by atomic mass is 9.89. The van der Waals surface area contributed by atoms with Gasteiger partial charge >= 0.3 is 0 Å². The standard InChI is InChI=1S/C12H26N2O2/c1-8(2)10(13)11(16)14-7-9(15)6-12(3,4)5/h8-10,15H,6-7,13H2,1-5H3,(H,14,16). The second-order valence-corrected chi connectivity index (χ2v) is 5.93. The SMILES string of the molecule is CC(C)C(N)C(=O)NCC(O)CC(C)(C)C. The average molecular weight is 230 g/mol. The summed E-state index contributed by atoms with van der Waals surface area (Å²) in [5.41, 5.74) is 5.74. The van der Waals surface area contributed by atoms with Crippen LogP contribution >= 0.6 is 0 Å². The van der Waals surface area contributed by atoms with E-state index < -0.39 is 12.1 Å². The maximum atomic E-state index is 11.5. The summed E-state index contributed by atoms with van der Waals surface area (Å²) < 4.78 is 0. The zero-order chi connectivity index (χ0) is 12.9. The van der Waals surface area contributed by atoms with Crippen LogP contribution in [0.2, 0.25) is 0 Å². The minimum absolute atomic E-state index is 0.0598. The highest BCUT2D eigenvalue weighted by molar-refractivity contribution is 5.81. The van der Waals surface area contributed by atoms with Gasteiger partial charge in [-0.1, -0.05) is 34.6 Å². The van der Waals surface area contributed by atoms with Gasteiger partial charge < -0.3 is 16.2 Å². The molecule has 0 aromatic carbocycles. The van der Waals surface area contributed by atoms with Gasteiger partial charge in [0.25, 0.3) is 0 Å². The Hall–Kier alpha value is -0.610. The number of hydrogen-bond acceptors (Lipinski definition) is 3. The molecule has 0 aromatic heterocycles. The van der Waals surface area contributed by atoms with Crippen LogP contribution in [-0.2, 0) is 4.79 Å². The molecule has 2 atom stereocenters. The summed E-state index contributed by atoms with van der Waals surface area (Å²) in [4.78, 5) is 11.5. The Bertz CT molecular complexity index is 222. The third-order valence-electron chi connectivity index (χ3n) is 2.38. The van der Waals surface area contributed by atoms with Crippen molar-refractivity contribution in [2.24, 2.45) is 17.1 Å². The van der Waals surface area contributed by atoms with Gasteiger partial charge in [0.2, 0.25) is 5.91 Å². The second-order valence-electron chi connectivity index (χ2n) is 5.93. The fourth-order valence-corrected chi connectivity index (χ4v) is 1.42. The summed E-state index contributed by atoms with van der Waals surface area (Å²) >= 11 is 0. The number of carbonyl (C=O) groups excluding carboxylic acids is 1. The Balaban J connectivity index is 3.93. The normalized spacial score (nSPS) is 16.0. The van der Waals surface area contributed by atoms with Gasteiger partial charge in [0, 0.05) is 6.54 Å². The van der Waals surface area contributed by atoms with Crippen LogP contribution in [0.1, 0.15) is 41.0 Å². The first-order valence-electron chi connectivity index (χ1n) is 5.85. The van der Waals surface area contributed by atoms with Crippen molar-refractivity contribution < 1.29 is 9.90 Å². The molecule has 4 N–H and O–H groups in total. The van der Waals surface area contributed by atoms with Crippen molar-refractivity contribution in [3.8, 4) is 0 Å².